The lowest BCUT2D eigenvalue weighted by molar-refractivity contribution is -0.139. The molecule has 0 spiro atoms. The maximum Gasteiger partial charge on any atom is 0.338 e. The summed E-state index contributed by atoms with van der Waals surface area (Å²) < 4.78 is 16.5. The van der Waals surface area contributed by atoms with Crippen molar-refractivity contribution in [2.45, 2.75) is 26.4 Å². The van der Waals surface area contributed by atoms with Gasteiger partial charge in [-0.25, -0.2) is 4.79 Å². The number of ether oxygens (including phenoxy) is 3. The van der Waals surface area contributed by atoms with E-state index in [2.05, 4.69) is 12.1 Å². The standard InChI is InChI=1S/C24H21N3O4/c1-3-29-24(28)21-15(2)31-23(27)20(13-26)22(21)18-5-4-6-19(11-18)30-14-17-9-7-16(12-25)8-10-17/h4-11,22H,3,14,27H2,1-2H3. The number of hydrogen-bond acceptors (Lipinski definition) is 7. The summed E-state index contributed by atoms with van der Waals surface area (Å²) in [6.07, 6.45) is 0. The maximum absolute atomic E-state index is 12.6. The summed E-state index contributed by atoms with van der Waals surface area (Å²) in [5, 5.41) is 18.6. The second-order valence-corrected chi connectivity index (χ2v) is 6.79. The normalized spacial score (nSPS) is 15.5. The Kier molecular flexibility index (Phi) is 6.59. The molecule has 2 aromatic rings. The van der Waals surface area contributed by atoms with Crippen molar-refractivity contribution < 1.29 is 19.0 Å². The smallest absolute Gasteiger partial charge is 0.338 e. The molecule has 0 saturated carbocycles. The van der Waals surface area contributed by atoms with Crippen LogP contribution in [0.25, 0.3) is 0 Å². The van der Waals surface area contributed by atoms with E-state index >= 15 is 0 Å². The first kappa shape index (κ1) is 21.5. The Morgan fingerprint density at radius 3 is 2.55 bits per heavy atom. The topological polar surface area (TPSA) is 118 Å². The van der Waals surface area contributed by atoms with Gasteiger partial charge in [0.15, 0.2) is 0 Å². The van der Waals surface area contributed by atoms with Crippen molar-refractivity contribution >= 4 is 5.97 Å². The summed E-state index contributed by atoms with van der Waals surface area (Å²) in [5.41, 5.74) is 8.44. The van der Waals surface area contributed by atoms with Gasteiger partial charge in [-0.3, -0.25) is 0 Å². The second kappa shape index (κ2) is 9.51. The zero-order valence-electron chi connectivity index (χ0n) is 17.2. The van der Waals surface area contributed by atoms with Gasteiger partial charge in [0.25, 0.3) is 0 Å². The van der Waals surface area contributed by atoms with E-state index in [0.29, 0.717) is 29.2 Å². The molecule has 0 aromatic heterocycles. The van der Waals surface area contributed by atoms with E-state index < -0.39 is 11.9 Å². The van der Waals surface area contributed by atoms with Crippen LogP contribution in [0.3, 0.4) is 0 Å². The van der Waals surface area contributed by atoms with Crippen molar-refractivity contribution in [1.29, 1.82) is 10.5 Å². The summed E-state index contributed by atoms with van der Waals surface area (Å²) in [6.45, 7) is 3.81. The first-order valence-electron chi connectivity index (χ1n) is 9.65. The van der Waals surface area contributed by atoms with E-state index in [9.17, 15) is 10.1 Å². The lowest BCUT2D eigenvalue weighted by Crippen LogP contribution is -2.25. The van der Waals surface area contributed by atoms with Crippen LogP contribution in [0.5, 0.6) is 5.75 Å². The second-order valence-electron chi connectivity index (χ2n) is 6.79. The monoisotopic (exact) mass is 415 g/mol. The Balaban J connectivity index is 1.91. The van der Waals surface area contributed by atoms with Gasteiger partial charge in [-0.05, 0) is 49.2 Å². The van der Waals surface area contributed by atoms with Crippen molar-refractivity contribution in [3.05, 3.63) is 88.0 Å². The van der Waals surface area contributed by atoms with E-state index in [0.717, 1.165) is 5.56 Å². The van der Waals surface area contributed by atoms with Crippen molar-refractivity contribution in [3.63, 3.8) is 0 Å². The average Bonchev–Trinajstić information content (AvgIpc) is 2.78. The molecular weight excluding hydrogens is 394 g/mol. The number of carbonyl (C=O) groups excluding carboxylic acids is 1. The number of hydrogen-bond donors (Lipinski definition) is 1. The largest absolute Gasteiger partial charge is 0.489 e. The first-order chi connectivity index (χ1) is 15.0. The third-order valence-corrected chi connectivity index (χ3v) is 4.78. The summed E-state index contributed by atoms with van der Waals surface area (Å²) in [5.74, 6) is -0.471. The number of nitriles is 2. The molecule has 1 aliphatic heterocycles. The molecular formula is C24H21N3O4. The summed E-state index contributed by atoms with van der Waals surface area (Å²) in [7, 11) is 0. The number of benzene rings is 2. The van der Waals surface area contributed by atoms with Crippen LogP contribution in [0.1, 0.15) is 36.5 Å². The van der Waals surface area contributed by atoms with Gasteiger partial charge >= 0.3 is 5.97 Å². The van der Waals surface area contributed by atoms with E-state index in [1.54, 1.807) is 50.2 Å². The molecule has 1 aliphatic rings. The summed E-state index contributed by atoms with van der Waals surface area (Å²) in [6, 6.07) is 18.3. The third kappa shape index (κ3) is 4.68. The van der Waals surface area contributed by atoms with E-state index in [1.165, 1.54) is 0 Å². The summed E-state index contributed by atoms with van der Waals surface area (Å²) >= 11 is 0. The summed E-state index contributed by atoms with van der Waals surface area (Å²) in [4.78, 5) is 12.6. The van der Waals surface area contributed by atoms with Gasteiger partial charge in [-0.1, -0.05) is 24.3 Å². The molecule has 2 N–H and O–H groups in total. The minimum Gasteiger partial charge on any atom is -0.489 e. The SMILES string of the molecule is CCOC(=O)C1=C(C)OC(N)=C(C#N)C1c1cccc(OCc2ccc(C#N)cc2)c1. The minimum absolute atomic E-state index is 0.0399. The molecule has 3 rings (SSSR count). The lowest BCUT2D eigenvalue weighted by Gasteiger charge is -2.27. The van der Waals surface area contributed by atoms with Gasteiger partial charge in [-0.15, -0.1) is 0 Å². The van der Waals surface area contributed by atoms with Gasteiger partial charge in [0, 0.05) is 0 Å². The fourth-order valence-corrected chi connectivity index (χ4v) is 3.31. The predicted octanol–water partition coefficient (Wildman–Crippen LogP) is 3.78. The molecule has 0 radical (unpaired) electrons. The Hall–Kier alpha value is -4.23. The molecule has 0 saturated heterocycles. The Bertz CT molecular complexity index is 1130. The van der Waals surface area contributed by atoms with Crippen LogP contribution in [0, 0.1) is 22.7 Å². The van der Waals surface area contributed by atoms with Crippen LogP contribution in [0.2, 0.25) is 0 Å². The van der Waals surface area contributed by atoms with Gasteiger partial charge in [0.05, 0.1) is 29.7 Å². The van der Waals surface area contributed by atoms with E-state index in [-0.39, 0.29) is 23.6 Å². The minimum atomic E-state index is -0.726. The van der Waals surface area contributed by atoms with Crippen molar-refractivity contribution in [1.82, 2.24) is 0 Å². The highest BCUT2D eigenvalue weighted by Crippen LogP contribution is 2.40. The third-order valence-electron chi connectivity index (χ3n) is 4.78. The number of allylic oxidation sites excluding steroid dienone is 2. The van der Waals surface area contributed by atoms with Gasteiger partial charge in [0.1, 0.15) is 29.8 Å². The Morgan fingerprint density at radius 1 is 1.16 bits per heavy atom. The zero-order valence-corrected chi connectivity index (χ0v) is 17.2. The van der Waals surface area contributed by atoms with Gasteiger partial charge < -0.3 is 19.9 Å². The molecule has 1 unspecified atom stereocenters. The molecule has 0 aliphatic carbocycles. The van der Waals surface area contributed by atoms with Gasteiger partial charge in [-0.2, -0.15) is 10.5 Å². The highest BCUT2D eigenvalue weighted by Gasteiger charge is 2.36. The molecule has 1 atom stereocenters. The Labute approximate surface area is 180 Å². The molecule has 7 heteroatoms. The Morgan fingerprint density at radius 2 is 1.90 bits per heavy atom. The van der Waals surface area contributed by atoms with Crippen molar-refractivity contribution in [3.8, 4) is 17.9 Å². The first-order valence-corrected chi connectivity index (χ1v) is 9.65. The zero-order chi connectivity index (χ0) is 22.4. The number of rotatable bonds is 6. The molecule has 0 amide bonds. The number of carbonyl (C=O) groups is 1. The van der Waals surface area contributed by atoms with Crippen molar-refractivity contribution in [2.24, 2.45) is 5.73 Å². The van der Waals surface area contributed by atoms with E-state index in [1.807, 2.05) is 12.1 Å². The quantitative estimate of drug-likeness (QED) is 0.713. The molecule has 7 nitrogen and oxygen atoms in total. The van der Waals surface area contributed by atoms with Crippen LogP contribution in [-0.2, 0) is 20.9 Å². The fraction of sp³-hybridized carbons (Fsp3) is 0.208. The molecule has 2 aromatic carbocycles. The van der Waals surface area contributed by atoms with Crippen LogP contribution >= 0.6 is 0 Å². The molecule has 1 heterocycles. The molecule has 0 bridgehead atoms. The van der Waals surface area contributed by atoms with Crippen LogP contribution in [-0.4, -0.2) is 12.6 Å². The predicted molar refractivity (Wildman–Crippen MR) is 112 cm³/mol. The van der Waals surface area contributed by atoms with E-state index in [4.69, 9.17) is 25.2 Å². The fourth-order valence-electron chi connectivity index (χ4n) is 3.31. The molecule has 31 heavy (non-hydrogen) atoms. The number of nitrogens with zero attached hydrogens (tertiary/aromatic N) is 2. The maximum atomic E-state index is 12.6. The van der Waals surface area contributed by atoms with Crippen LogP contribution < -0.4 is 10.5 Å². The number of nitrogens with two attached hydrogens (primary N) is 1. The van der Waals surface area contributed by atoms with Crippen LogP contribution in [0.15, 0.2) is 71.3 Å². The van der Waals surface area contributed by atoms with Gasteiger partial charge in [0.2, 0.25) is 5.88 Å². The average molecular weight is 415 g/mol. The lowest BCUT2D eigenvalue weighted by atomic mass is 9.83. The van der Waals surface area contributed by atoms with Crippen molar-refractivity contribution in [2.75, 3.05) is 6.61 Å². The van der Waals surface area contributed by atoms with Crippen LogP contribution in [0.4, 0.5) is 0 Å². The molecule has 0 fully saturated rings. The molecule has 156 valence electrons. The highest BCUT2D eigenvalue weighted by molar-refractivity contribution is 5.92. The number of esters is 1. The highest BCUT2D eigenvalue weighted by atomic mass is 16.5.